The number of benzene rings is 3. The minimum absolute atomic E-state index is 0.0197. The molecule has 0 saturated carbocycles. The van der Waals surface area contributed by atoms with Crippen LogP contribution in [0.5, 0.6) is 11.5 Å². The van der Waals surface area contributed by atoms with Crippen LogP contribution in [0, 0.1) is 23.7 Å². The molecule has 0 aromatic heterocycles. The molecule has 1 aliphatic heterocycles. The van der Waals surface area contributed by atoms with Crippen molar-refractivity contribution in [3.05, 3.63) is 108 Å². The maximum atomic E-state index is 14.8. The second kappa shape index (κ2) is 23.8. The van der Waals surface area contributed by atoms with E-state index in [2.05, 4.69) is 147 Å². The highest BCUT2D eigenvalue weighted by atomic mass is 28.4. The monoisotopic (exact) mass is 942 g/mol. The summed E-state index contributed by atoms with van der Waals surface area (Å²) >= 11 is 0. The minimum atomic E-state index is -3.03. The van der Waals surface area contributed by atoms with Gasteiger partial charge in [-0.2, -0.15) is 0 Å². The van der Waals surface area contributed by atoms with Gasteiger partial charge in [0.25, 0.3) is 8.32 Å². The Balaban J connectivity index is 1.74. The predicted molar refractivity (Wildman–Crippen MR) is 275 cm³/mol. The quantitative estimate of drug-likeness (QED) is 0.0655. The Bertz CT molecular complexity index is 2020. The summed E-state index contributed by atoms with van der Waals surface area (Å²) in [6.07, 6.45) is 10.1. The summed E-state index contributed by atoms with van der Waals surface area (Å²) in [5.41, 5.74) is 0.730. The van der Waals surface area contributed by atoms with Crippen molar-refractivity contribution in [1.29, 1.82) is 0 Å². The molecule has 0 aliphatic carbocycles. The lowest BCUT2D eigenvalue weighted by Crippen LogP contribution is -2.68. The maximum absolute atomic E-state index is 14.8. The second-order valence-electron chi connectivity index (χ2n) is 21.3. The number of carbonyl (C=O) groups is 2. The maximum Gasteiger partial charge on any atom is 0.342 e. The summed E-state index contributed by atoms with van der Waals surface area (Å²) in [5.74, 6) is -1.17. The average Bonchev–Trinajstić information content (AvgIpc) is 3.26. The molecule has 1 amide bonds. The zero-order valence-electron chi connectivity index (χ0n) is 42.7. The predicted octanol–water partition coefficient (Wildman–Crippen LogP) is 10.9. The van der Waals surface area contributed by atoms with E-state index >= 15 is 0 Å². The van der Waals surface area contributed by atoms with Gasteiger partial charge in [-0.15, -0.1) is 0 Å². The number of methoxy groups -OCH3 is 1. The lowest BCUT2D eigenvalue weighted by Gasteiger charge is -2.46. The van der Waals surface area contributed by atoms with Crippen LogP contribution in [0.15, 0.2) is 97.1 Å². The molecule has 11 heteroatoms. The van der Waals surface area contributed by atoms with Crippen LogP contribution >= 0.6 is 0 Å². The van der Waals surface area contributed by atoms with E-state index in [9.17, 15) is 19.8 Å². The van der Waals surface area contributed by atoms with Crippen molar-refractivity contribution in [3.8, 4) is 11.5 Å². The van der Waals surface area contributed by atoms with Gasteiger partial charge in [0.2, 0.25) is 5.91 Å². The van der Waals surface area contributed by atoms with Crippen LogP contribution in [0.3, 0.4) is 0 Å². The number of hydrogen-bond acceptors (Lipinski definition) is 8. The number of rotatable bonds is 18. The summed E-state index contributed by atoms with van der Waals surface area (Å²) in [6, 6.07) is 24.5. The molecule has 0 saturated heterocycles. The number of carbonyl (C=O) groups excluding carboxylic acids is 2. The molecule has 364 valence electrons. The van der Waals surface area contributed by atoms with E-state index in [1.165, 1.54) is 16.4 Å². The number of phenolic OH excluding ortho intramolecular Hbond substituents is 1. The number of fused-ring (bicyclic) bond motifs is 1. The van der Waals surface area contributed by atoms with Crippen LogP contribution in [0.2, 0.25) is 23.2 Å². The molecular formula is C55H83NO8Si2. The molecule has 9 nitrogen and oxygen atoms in total. The average molecular weight is 942 g/mol. The fourth-order valence-corrected chi connectivity index (χ4v) is 15.2. The summed E-state index contributed by atoms with van der Waals surface area (Å²) in [7, 11) is -3.81. The number of esters is 1. The van der Waals surface area contributed by atoms with Crippen molar-refractivity contribution in [2.45, 2.75) is 162 Å². The third kappa shape index (κ3) is 13.6. The Hall–Kier alpha value is -4.01. The molecule has 0 radical (unpaired) electrons. The largest absolute Gasteiger partial charge is 0.507 e. The lowest BCUT2D eigenvalue weighted by molar-refractivity contribution is -0.127. The first-order valence-corrected chi connectivity index (χ1v) is 29.1. The van der Waals surface area contributed by atoms with Crippen molar-refractivity contribution in [3.63, 3.8) is 0 Å². The van der Waals surface area contributed by atoms with E-state index in [4.69, 9.17) is 18.3 Å². The Morgan fingerprint density at radius 3 is 2.05 bits per heavy atom. The fourth-order valence-electron chi connectivity index (χ4n) is 8.96. The topological polar surface area (TPSA) is 124 Å². The fraction of sp³-hybridized carbons (Fsp3) is 0.564. The molecule has 4 rings (SSSR count). The summed E-state index contributed by atoms with van der Waals surface area (Å²) in [4.78, 5) is 27.5. The van der Waals surface area contributed by atoms with Gasteiger partial charge in [-0.25, -0.2) is 4.79 Å². The third-order valence-corrected chi connectivity index (χ3v) is 23.8. The van der Waals surface area contributed by atoms with E-state index < -0.39 is 40.7 Å². The van der Waals surface area contributed by atoms with Crippen LogP contribution in [0.1, 0.15) is 124 Å². The molecule has 0 fully saturated rings. The van der Waals surface area contributed by atoms with Crippen molar-refractivity contribution >= 4 is 38.9 Å². The Morgan fingerprint density at radius 1 is 0.909 bits per heavy atom. The molecule has 3 aromatic carbocycles. The number of ether oxygens (including phenoxy) is 2. The van der Waals surface area contributed by atoms with E-state index in [1.54, 1.807) is 14.0 Å². The number of cyclic esters (lactones) is 1. The number of aromatic hydroxyl groups is 1. The summed E-state index contributed by atoms with van der Waals surface area (Å²) < 4.78 is 27.4. The van der Waals surface area contributed by atoms with Crippen LogP contribution < -0.4 is 20.4 Å². The van der Waals surface area contributed by atoms with Gasteiger partial charge in [0.15, 0.2) is 8.32 Å². The van der Waals surface area contributed by atoms with Crippen LogP contribution in [0.25, 0.3) is 0 Å². The highest BCUT2D eigenvalue weighted by Gasteiger charge is 2.52. The van der Waals surface area contributed by atoms with Crippen molar-refractivity contribution in [2.24, 2.45) is 23.7 Å². The van der Waals surface area contributed by atoms with E-state index in [0.29, 0.717) is 43.5 Å². The van der Waals surface area contributed by atoms with E-state index in [-0.39, 0.29) is 57.3 Å². The van der Waals surface area contributed by atoms with Gasteiger partial charge in [0.1, 0.15) is 23.2 Å². The molecule has 8 atom stereocenters. The molecule has 3 N–H and O–H groups in total. The standard InChI is InChI=1S/C55H83NO8Si2/c1-15-26-46(57)40(4)52(59)56-34-25-24-28-39(3)51(64-65(13,14)54(6,7)8)41(5)48-33-23-22-27-38(2)49(36-42-35-43(61-12)37-47(58)50(42)53(60)62-48)63-66(55(9,10)11,44-29-18-16-19-30-44)45-31-20-17-21-32-45/h16-25,29-32,35,37-41,46,48-49,51,57-58H,15,26-28,33-34,36H2,1-14H3,(H,56,59)/b23-22-,25-24-/t38-,39+,40+,41+,46-,48-,49+,51+/m0/s1. The van der Waals surface area contributed by atoms with E-state index in [1.807, 2.05) is 31.2 Å². The molecule has 0 bridgehead atoms. The first-order valence-electron chi connectivity index (χ1n) is 24.3. The molecule has 66 heavy (non-hydrogen) atoms. The smallest absolute Gasteiger partial charge is 0.342 e. The van der Waals surface area contributed by atoms with E-state index in [0.717, 1.165) is 12.8 Å². The molecule has 1 aliphatic rings. The molecule has 0 spiro atoms. The number of hydrogen-bond donors (Lipinski definition) is 3. The van der Waals surface area contributed by atoms with Gasteiger partial charge < -0.3 is 33.9 Å². The lowest BCUT2D eigenvalue weighted by atomic mass is 9.85. The van der Waals surface area contributed by atoms with Gasteiger partial charge >= 0.3 is 5.97 Å². The number of allylic oxidation sites excluding steroid dienone is 2. The van der Waals surface area contributed by atoms with Crippen LogP contribution in [-0.4, -0.2) is 76.8 Å². The van der Waals surface area contributed by atoms with Gasteiger partial charge in [-0.05, 0) is 82.7 Å². The van der Waals surface area contributed by atoms with Crippen molar-refractivity contribution in [1.82, 2.24) is 5.32 Å². The van der Waals surface area contributed by atoms with Crippen molar-refractivity contribution in [2.75, 3.05) is 13.7 Å². The number of nitrogens with one attached hydrogen (secondary N) is 1. The molecule has 0 unspecified atom stereocenters. The second-order valence-corrected chi connectivity index (χ2v) is 30.4. The Morgan fingerprint density at radius 2 is 1.50 bits per heavy atom. The number of amides is 1. The van der Waals surface area contributed by atoms with Gasteiger partial charge in [-0.1, -0.05) is 168 Å². The highest BCUT2D eigenvalue weighted by Crippen LogP contribution is 2.43. The molecular weight excluding hydrogens is 859 g/mol. The van der Waals surface area contributed by atoms with Crippen LogP contribution in [-0.2, 0) is 24.8 Å². The van der Waals surface area contributed by atoms with Gasteiger partial charge in [0.05, 0.1) is 31.3 Å². The SMILES string of the molecule is CCC[C@H](O)[C@@H](C)C(=O)NC/C=C\C[C@@H](C)[C@@H](O[Si](C)(C)C(C)(C)C)[C@H](C)[C@@H]1C/C=C\C[C@H](C)[C@H](O[Si](c2ccccc2)(c2ccccc2)C(C)(C)C)Cc2cc(OC)cc(O)c2C(=O)O1. The Kier molecular flexibility index (Phi) is 19.7. The minimum Gasteiger partial charge on any atom is -0.507 e. The van der Waals surface area contributed by atoms with Crippen LogP contribution in [0.4, 0.5) is 0 Å². The first kappa shape index (κ1) is 54.6. The summed E-state index contributed by atoms with van der Waals surface area (Å²) in [5, 5.41) is 27.0. The Labute approximate surface area is 400 Å². The zero-order chi connectivity index (χ0) is 49.0. The van der Waals surface area contributed by atoms with Gasteiger partial charge in [-0.3, -0.25) is 4.79 Å². The number of aliphatic hydroxyl groups is 1. The third-order valence-electron chi connectivity index (χ3n) is 14.3. The summed E-state index contributed by atoms with van der Waals surface area (Å²) in [6.45, 7) is 28.6. The number of aliphatic hydroxyl groups excluding tert-OH is 1. The number of phenols is 1. The normalized spacial score (nSPS) is 20.7. The molecule has 3 aromatic rings. The molecule has 1 heterocycles. The zero-order valence-corrected chi connectivity index (χ0v) is 44.7. The van der Waals surface area contributed by atoms with Gasteiger partial charge in [0, 0.05) is 24.9 Å². The highest BCUT2D eigenvalue weighted by molar-refractivity contribution is 6.99. The van der Waals surface area contributed by atoms with Crippen molar-refractivity contribution < 1.29 is 38.1 Å². The first-order chi connectivity index (χ1) is 31.0.